The molecular formula is C60H61N3. The quantitative estimate of drug-likeness (QED) is 0.110. The average molecular weight is 828 g/mol. The molecule has 0 aliphatic rings. The Bertz CT molecular complexity index is 2810. The fourth-order valence-electron chi connectivity index (χ4n) is 8.53. The van der Waals surface area contributed by atoms with E-state index in [-0.39, 0.29) is 27.4 Å². The van der Waals surface area contributed by atoms with Gasteiger partial charge in [-0.15, -0.1) is 0 Å². The molecule has 0 radical (unpaired) electrons. The van der Waals surface area contributed by atoms with Crippen LogP contribution in [-0.2, 0) is 42.8 Å². The number of rotatable bonds is 14. The molecule has 3 heteroatoms. The van der Waals surface area contributed by atoms with Crippen molar-refractivity contribution in [2.45, 2.75) is 91.3 Å². The first-order chi connectivity index (χ1) is 31.8. The highest BCUT2D eigenvalue weighted by Gasteiger charge is 2.26. The number of hydrogen-bond donors (Lipinski definition) is 0. The van der Waals surface area contributed by atoms with Crippen molar-refractivity contribution >= 4 is 0 Å². The lowest BCUT2D eigenvalue weighted by molar-refractivity contribution is 0.411. The second-order valence-electron chi connectivity index (χ2n) is 19.4. The number of hydrogen-bond acceptors (Lipinski definition) is 3. The first-order valence-electron chi connectivity index (χ1n) is 24.1. The lowest BCUT2D eigenvalue weighted by Crippen LogP contribution is -2.23. The second kappa shape index (κ2) is 18.5. The summed E-state index contributed by atoms with van der Waals surface area (Å²) < 4.78 is 39.8. The molecule has 0 unspecified atom stereocenters. The Morgan fingerprint density at radius 1 is 0.381 bits per heavy atom. The van der Waals surface area contributed by atoms with Crippen LogP contribution < -0.4 is 0 Å². The third kappa shape index (κ3) is 11.0. The molecule has 0 saturated heterocycles. The highest BCUT2D eigenvalue weighted by molar-refractivity contribution is 5.73. The van der Waals surface area contributed by atoms with E-state index in [0.29, 0.717) is 24.1 Å². The first kappa shape index (κ1) is 38.2. The van der Waals surface area contributed by atoms with E-state index in [1.165, 1.54) is 5.56 Å². The van der Waals surface area contributed by atoms with E-state index in [4.69, 9.17) is 15.0 Å². The number of nitrogens with zero attached hydrogens (tertiary/aromatic N) is 3. The molecule has 0 fully saturated rings. The highest BCUT2D eigenvalue weighted by Crippen LogP contribution is 2.35. The van der Waals surface area contributed by atoms with Crippen molar-refractivity contribution in [3.05, 3.63) is 221 Å². The third-order valence-electron chi connectivity index (χ3n) is 11.9. The largest absolute Gasteiger partial charge is 0.256 e. The molecule has 0 bridgehead atoms. The van der Waals surface area contributed by atoms with Crippen LogP contribution in [0.1, 0.15) is 92.9 Å². The molecule has 0 N–H and O–H groups in total. The fourth-order valence-corrected chi connectivity index (χ4v) is 8.53. The molecule has 0 aliphatic heterocycles. The van der Waals surface area contributed by atoms with Gasteiger partial charge in [-0.1, -0.05) is 194 Å². The Balaban J connectivity index is 1.20. The minimum absolute atomic E-state index is 0.100. The number of benzene rings is 5. The fraction of sp³-hybridized carbons (Fsp3) is 0.250. The molecule has 316 valence electrons. The van der Waals surface area contributed by atoms with E-state index in [2.05, 4.69) is 115 Å². The molecule has 63 heavy (non-hydrogen) atoms. The van der Waals surface area contributed by atoms with E-state index < -0.39 is 12.7 Å². The summed E-state index contributed by atoms with van der Waals surface area (Å²) in [6, 6.07) is 54.7. The van der Waals surface area contributed by atoms with Crippen LogP contribution in [0.4, 0.5) is 0 Å². The van der Waals surface area contributed by atoms with E-state index in [9.17, 15) is 5.48 Å². The van der Waals surface area contributed by atoms with Crippen LogP contribution >= 0.6 is 0 Å². The van der Waals surface area contributed by atoms with Gasteiger partial charge in [0.2, 0.25) is 0 Å². The molecule has 3 heterocycles. The Morgan fingerprint density at radius 3 is 1.27 bits per heavy atom. The van der Waals surface area contributed by atoms with Crippen molar-refractivity contribution in [3.8, 4) is 44.9 Å². The van der Waals surface area contributed by atoms with Gasteiger partial charge in [-0.3, -0.25) is 15.0 Å². The third-order valence-corrected chi connectivity index (χ3v) is 11.9. The number of pyridine rings is 3. The summed E-state index contributed by atoms with van der Waals surface area (Å²) in [6.45, 7) is 15.4. The van der Waals surface area contributed by atoms with Crippen LogP contribution in [0, 0.1) is 5.41 Å². The van der Waals surface area contributed by atoms with E-state index >= 15 is 0 Å². The molecule has 3 nitrogen and oxygen atoms in total. The SMILES string of the molecule is [2H]C([2H])(c1cc(CC(C)(C)c2ccc(-c3ccccc3)nc2)cc(CC(C)(C)c2ccc(-c3ccccc3)nc2)c1)C([2H])([2H])c1cnc(-c2ccccc2)cc1-c1ccc(CC(C)(C)C)cc1. The van der Waals surface area contributed by atoms with Crippen molar-refractivity contribution < 1.29 is 5.48 Å². The van der Waals surface area contributed by atoms with Gasteiger partial charge >= 0.3 is 0 Å². The maximum atomic E-state index is 9.96. The van der Waals surface area contributed by atoms with Gasteiger partial charge in [-0.2, -0.15) is 0 Å². The molecular weight excluding hydrogens is 763 g/mol. The average Bonchev–Trinajstić information content (AvgIpc) is 3.31. The number of aromatic nitrogens is 3. The normalized spacial score (nSPS) is 13.4. The molecule has 0 atom stereocenters. The van der Waals surface area contributed by atoms with Crippen LogP contribution in [0.2, 0.25) is 0 Å². The smallest absolute Gasteiger partial charge is 0.0708 e. The molecule has 8 rings (SSSR count). The number of aryl methyl sites for hydroxylation is 2. The maximum absolute atomic E-state index is 9.96. The molecule has 0 spiro atoms. The zero-order chi connectivity index (χ0) is 47.6. The Hall–Kier alpha value is -6.45. The van der Waals surface area contributed by atoms with Gasteiger partial charge < -0.3 is 0 Å². The Morgan fingerprint density at radius 2 is 0.825 bits per heavy atom. The van der Waals surface area contributed by atoms with E-state index in [1.54, 1.807) is 6.20 Å². The minimum Gasteiger partial charge on any atom is -0.256 e. The van der Waals surface area contributed by atoms with Crippen molar-refractivity contribution in [2.75, 3.05) is 0 Å². The Labute approximate surface area is 382 Å². The second-order valence-corrected chi connectivity index (χ2v) is 19.4. The lowest BCUT2D eigenvalue weighted by Gasteiger charge is -2.28. The molecule has 0 amide bonds. The predicted octanol–water partition coefficient (Wildman–Crippen LogP) is 15.0. The molecule has 3 aromatic heterocycles. The summed E-state index contributed by atoms with van der Waals surface area (Å²) in [4.78, 5) is 14.5. The van der Waals surface area contributed by atoms with Gasteiger partial charge in [0.05, 0.1) is 17.1 Å². The molecule has 0 saturated carbocycles. The van der Waals surface area contributed by atoms with Crippen molar-refractivity contribution in [1.29, 1.82) is 0 Å². The summed E-state index contributed by atoms with van der Waals surface area (Å²) in [5.41, 5.74) is 11.9. The summed E-state index contributed by atoms with van der Waals surface area (Å²) >= 11 is 0. The van der Waals surface area contributed by atoms with Gasteiger partial charge in [0.1, 0.15) is 0 Å². The first-order valence-corrected chi connectivity index (χ1v) is 22.1. The molecule has 8 aromatic rings. The van der Waals surface area contributed by atoms with Gasteiger partial charge in [0, 0.05) is 40.8 Å². The topological polar surface area (TPSA) is 38.7 Å². The van der Waals surface area contributed by atoms with Crippen LogP contribution in [0.3, 0.4) is 0 Å². The van der Waals surface area contributed by atoms with E-state index in [0.717, 1.165) is 62.3 Å². The highest BCUT2D eigenvalue weighted by atomic mass is 14.7. The van der Waals surface area contributed by atoms with E-state index in [1.807, 2.05) is 109 Å². The van der Waals surface area contributed by atoms with Crippen molar-refractivity contribution in [1.82, 2.24) is 15.0 Å². The minimum atomic E-state index is -2.51. The standard InChI is InChI=1S/C60H61N3/c1-58(2,3)37-43-23-26-47(27-24-43)54-36-57(50-21-15-10-16-22-50)61-40-51(54)28-25-44-33-45(38-59(4,5)52-29-31-55(62-41-52)48-17-11-8-12-18-48)35-46(34-44)39-60(6,7)53-30-32-56(63-42-53)49-19-13-9-14-20-49/h8-24,26-27,29-36,40-42H,25,28,37-39H2,1-7H3/i25D2,28D2. The van der Waals surface area contributed by atoms with Gasteiger partial charge in [0.25, 0.3) is 0 Å². The predicted molar refractivity (Wildman–Crippen MR) is 265 cm³/mol. The zero-order valence-corrected chi connectivity index (χ0v) is 37.8. The monoisotopic (exact) mass is 828 g/mol. The van der Waals surface area contributed by atoms with Crippen LogP contribution in [0.25, 0.3) is 44.9 Å². The molecule has 0 aliphatic carbocycles. The Kier molecular flexibility index (Phi) is 11.2. The van der Waals surface area contributed by atoms with Gasteiger partial charge in [0.15, 0.2) is 0 Å². The molecule has 5 aromatic carbocycles. The van der Waals surface area contributed by atoms with Crippen molar-refractivity contribution in [2.24, 2.45) is 5.41 Å². The lowest BCUT2D eigenvalue weighted by atomic mass is 9.77. The van der Waals surface area contributed by atoms with Crippen LogP contribution in [-0.4, -0.2) is 15.0 Å². The van der Waals surface area contributed by atoms with Gasteiger partial charge in [-0.05, 0) is 117 Å². The zero-order valence-electron chi connectivity index (χ0n) is 41.8. The van der Waals surface area contributed by atoms with Crippen molar-refractivity contribution in [3.63, 3.8) is 0 Å². The summed E-state index contributed by atoms with van der Waals surface area (Å²) in [6.07, 6.45) is 2.50. The van der Waals surface area contributed by atoms with Crippen LogP contribution in [0.5, 0.6) is 0 Å². The summed E-state index contributed by atoms with van der Waals surface area (Å²) in [5, 5.41) is 0. The van der Waals surface area contributed by atoms with Gasteiger partial charge in [-0.25, -0.2) is 0 Å². The summed E-state index contributed by atoms with van der Waals surface area (Å²) in [7, 11) is 0. The maximum Gasteiger partial charge on any atom is 0.0708 e. The van der Waals surface area contributed by atoms with Crippen LogP contribution in [0.15, 0.2) is 182 Å². The summed E-state index contributed by atoms with van der Waals surface area (Å²) in [5.74, 6) is 0.